The van der Waals surface area contributed by atoms with Gasteiger partial charge in [0.25, 0.3) is 0 Å². The molecule has 3 heterocycles. The Morgan fingerprint density at radius 1 is 1.33 bits per heavy atom. The van der Waals surface area contributed by atoms with Gasteiger partial charge in [0.2, 0.25) is 5.89 Å². The molecule has 21 heavy (non-hydrogen) atoms. The maximum absolute atomic E-state index is 5.59. The highest BCUT2D eigenvalue weighted by atomic mass is 16.5. The predicted molar refractivity (Wildman–Crippen MR) is 75.8 cm³/mol. The van der Waals surface area contributed by atoms with Gasteiger partial charge in [0, 0.05) is 19.1 Å². The van der Waals surface area contributed by atoms with Crippen LogP contribution < -0.4 is 5.32 Å². The normalized spacial score (nSPS) is 18.0. The summed E-state index contributed by atoms with van der Waals surface area (Å²) in [5, 5.41) is 7.38. The van der Waals surface area contributed by atoms with Crippen LogP contribution in [-0.4, -0.2) is 23.4 Å². The van der Waals surface area contributed by atoms with Gasteiger partial charge in [-0.15, -0.1) is 0 Å². The van der Waals surface area contributed by atoms with Crippen molar-refractivity contribution in [3.8, 4) is 0 Å². The van der Waals surface area contributed by atoms with Crippen LogP contribution in [0.3, 0.4) is 0 Å². The lowest BCUT2D eigenvalue weighted by atomic mass is 10.0. The molecule has 114 valence electrons. The number of furan rings is 1. The molecule has 2 aromatic rings. The molecule has 6 nitrogen and oxygen atoms in total. The monoisotopic (exact) mass is 291 g/mol. The molecule has 1 N–H and O–H groups in total. The van der Waals surface area contributed by atoms with E-state index < -0.39 is 0 Å². The van der Waals surface area contributed by atoms with Gasteiger partial charge in [0.15, 0.2) is 5.82 Å². The molecule has 0 amide bonds. The average molecular weight is 291 g/mol. The zero-order valence-corrected chi connectivity index (χ0v) is 12.5. The van der Waals surface area contributed by atoms with Crippen molar-refractivity contribution < 1.29 is 13.7 Å². The molecule has 0 unspecified atom stereocenters. The molecule has 1 aliphatic heterocycles. The van der Waals surface area contributed by atoms with Crippen LogP contribution >= 0.6 is 0 Å². The third kappa shape index (κ3) is 3.51. The molecular formula is C15H21N3O3. The van der Waals surface area contributed by atoms with Gasteiger partial charge in [-0.25, -0.2) is 0 Å². The highest BCUT2D eigenvalue weighted by molar-refractivity contribution is 5.09. The van der Waals surface area contributed by atoms with E-state index in [0.717, 1.165) is 43.5 Å². The molecular weight excluding hydrogens is 270 g/mol. The standard InChI is InChI=1S/C15H21N3O3/c1-10-3-4-13(20-10)11(2)16-9-14-17-15(21-18-14)12-5-7-19-8-6-12/h3-4,11-12,16H,5-9H2,1-2H3/t11-/m1/s1. The van der Waals surface area contributed by atoms with Crippen molar-refractivity contribution in [2.24, 2.45) is 0 Å². The first-order valence-electron chi connectivity index (χ1n) is 7.42. The lowest BCUT2D eigenvalue weighted by Crippen LogP contribution is -2.18. The lowest BCUT2D eigenvalue weighted by molar-refractivity contribution is 0.0778. The van der Waals surface area contributed by atoms with E-state index in [1.54, 1.807) is 0 Å². The van der Waals surface area contributed by atoms with E-state index in [4.69, 9.17) is 13.7 Å². The highest BCUT2D eigenvalue weighted by Gasteiger charge is 2.22. The molecule has 0 aliphatic carbocycles. The van der Waals surface area contributed by atoms with E-state index >= 15 is 0 Å². The summed E-state index contributed by atoms with van der Waals surface area (Å²) in [5.41, 5.74) is 0. The van der Waals surface area contributed by atoms with Crippen LogP contribution in [0.25, 0.3) is 0 Å². The van der Waals surface area contributed by atoms with E-state index in [1.807, 2.05) is 19.1 Å². The first-order valence-corrected chi connectivity index (χ1v) is 7.42. The zero-order chi connectivity index (χ0) is 14.7. The second-order valence-electron chi connectivity index (χ2n) is 5.49. The zero-order valence-electron chi connectivity index (χ0n) is 12.5. The first kappa shape index (κ1) is 14.3. The first-order chi connectivity index (χ1) is 10.2. The fraction of sp³-hybridized carbons (Fsp3) is 0.600. The van der Waals surface area contributed by atoms with Crippen LogP contribution in [0.1, 0.15) is 55.0 Å². The maximum atomic E-state index is 5.59. The van der Waals surface area contributed by atoms with E-state index in [9.17, 15) is 0 Å². The number of aryl methyl sites for hydroxylation is 1. The van der Waals surface area contributed by atoms with Crippen molar-refractivity contribution in [3.63, 3.8) is 0 Å². The number of ether oxygens (including phenoxy) is 1. The van der Waals surface area contributed by atoms with Gasteiger partial charge in [-0.1, -0.05) is 5.16 Å². The van der Waals surface area contributed by atoms with E-state index in [1.165, 1.54) is 0 Å². The largest absolute Gasteiger partial charge is 0.465 e. The minimum Gasteiger partial charge on any atom is -0.465 e. The predicted octanol–water partition coefficient (Wildman–Crippen LogP) is 2.72. The van der Waals surface area contributed by atoms with Crippen molar-refractivity contribution in [2.75, 3.05) is 13.2 Å². The van der Waals surface area contributed by atoms with Crippen LogP contribution in [-0.2, 0) is 11.3 Å². The number of hydrogen-bond donors (Lipinski definition) is 1. The van der Waals surface area contributed by atoms with Gasteiger partial charge in [0.1, 0.15) is 11.5 Å². The Bertz CT molecular complexity index is 572. The highest BCUT2D eigenvalue weighted by Crippen LogP contribution is 2.25. The molecule has 1 aliphatic rings. The molecule has 0 bridgehead atoms. The van der Waals surface area contributed by atoms with Crippen LogP contribution in [0, 0.1) is 6.92 Å². The topological polar surface area (TPSA) is 73.3 Å². The summed E-state index contributed by atoms with van der Waals surface area (Å²) in [7, 11) is 0. The van der Waals surface area contributed by atoms with E-state index in [0.29, 0.717) is 18.3 Å². The molecule has 0 spiro atoms. The van der Waals surface area contributed by atoms with Crippen molar-refractivity contribution >= 4 is 0 Å². The van der Waals surface area contributed by atoms with Gasteiger partial charge in [-0.3, -0.25) is 0 Å². The van der Waals surface area contributed by atoms with Crippen molar-refractivity contribution in [1.29, 1.82) is 0 Å². The van der Waals surface area contributed by atoms with Crippen LogP contribution in [0.15, 0.2) is 21.1 Å². The molecule has 0 radical (unpaired) electrons. The molecule has 0 saturated carbocycles. The Hall–Kier alpha value is -1.66. The average Bonchev–Trinajstić information content (AvgIpc) is 3.15. The fourth-order valence-corrected chi connectivity index (χ4v) is 2.48. The van der Waals surface area contributed by atoms with Crippen molar-refractivity contribution in [1.82, 2.24) is 15.5 Å². The lowest BCUT2D eigenvalue weighted by Gasteiger charge is -2.17. The summed E-state index contributed by atoms with van der Waals surface area (Å²) in [6.45, 7) is 6.10. The Morgan fingerprint density at radius 2 is 2.14 bits per heavy atom. The summed E-state index contributed by atoms with van der Waals surface area (Å²) in [6.07, 6.45) is 1.91. The van der Waals surface area contributed by atoms with Gasteiger partial charge in [0.05, 0.1) is 12.6 Å². The molecule has 1 atom stereocenters. The number of aromatic nitrogens is 2. The second-order valence-corrected chi connectivity index (χ2v) is 5.49. The Labute approximate surface area is 123 Å². The van der Waals surface area contributed by atoms with E-state index in [-0.39, 0.29) is 6.04 Å². The summed E-state index contributed by atoms with van der Waals surface area (Å²) < 4.78 is 16.3. The van der Waals surface area contributed by atoms with Crippen LogP contribution in [0.4, 0.5) is 0 Å². The van der Waals surface area contributed by atoms with Crippen molar-refractivity contribution in [2.45, 2.75) is 45.2 Å². The minimum atomic E-state index is 0.115. The van der Waals surface area contributed by atoms with Gasteiger partial charge >= 0.3 is 0 Å². The van der Waals surface area contributed by atoms with Gasteiger partial charge < -0.3 is 19.0 Å². The smallest absolute Gasteiger partial charge is 0.229 e. The second kappa shape index (κ2) is 6.41. The number of nitrogens with zero attached hydrogens (tertiary/aromatic N) is 2. The number of nitrogens with one attached hydrogen (secondary N) is 1. The SMILES string of the molecule is Cc1ccc([C@@H](C)NCc2noc(C3CCOCC3)n2)o1. The maximum Gasteiger partial charge on any atom is 0.229 e. The molecule has 1 saturated heterocycles. The fourth-order valence-electron chi connectivity index (χ4n) is 2.48. The Morgan fingerprint density at radius 3 is 2.86 bits per heavy atom. The summed E-state index contributed by atoms with van der Waals surface area (Å²) in [4.78, 5) is 4.48. The molecule has 3 rings (SSSR count). The number of rotatable bonds is 5. The van der Waals surface area contributed by atoms with Gasteiger partial charge in [-0.2, -0.15) is 4.98 Å². The third-order valence-electron chi connectivity index (χ3n) is 3.81. The number of hydrogen-bond acceptors (Lipinski definition) is 6. The minimum absolute atomic E-state index is 0.115. The Kier molecular flexibility index (Phi) is 4.36. The molecule has 6 heteroatoms. The van der Waals surface area contributed by atoms with Gasteiger partial charge in [-0.05, 0) is 38.8 Å². The van der Waals surface area contributed by atoms with Crippen LogP contribution in [0.2, 0.25) is 0 Å². The third-order valence-corrected chi connectivity index (χ3v) is 3.81. The molecule has 1 fully saturated rings. The summed E-state index contributed by atoms with van der Waals surface area (Å²) in [6, 6.07) is 4.06. The van der Waals surface area contributed by atoms with E-state index in [2.05, 4.69) is 22.4 Å². The van der Waals surface area contributed by atoms with Crippen LogP contribution in [0.5, 0.6) is 0 Å². The summed E-state index contributed by atoms with van der Waals surface area (Å²) >= 11 is 0. The van der Waals surface area contributed by atoms with Crippen molar-refractivity contribution in [3.05, 3.63) is 35.4 Å². The Balaban J connectivity index is 1.54. The molecule has 2 aromatic heterocycles. The molecule has 0 aromatic carbocycles. The summed E-state index contributed by atoms with van der Waals surface area (Å²) in [5.74, 6) is 3.59. The quantitative estimate of drug-likeness (QED) is 0.913.